The SMILES string of the molecule is Cc1c[nH]c(=O)c2c(C(=O)NC3CCC(Oc4ccccc4)CC3)c[nH]c12. The van der Waals surface area contributed by atoms with Gasteiger partial charge in [0, 0.05) is 18.4 Å². The third-order valence-electron chi connectivity index (χ3n) is 5.22. The van der Waals surface area contributed by atoms with E-state index in [9.17, 15) is 9.59 Å². The molecule has 0 radical (unpaired) electrons. The molecule has 0 aliphatic heterocycles. The number of para-hydroxylation sites is 1. The first kappa shape index (κ1) is 17.4. The Balaban J connectivity index is 1.39. The topological polar surface area (TPSA) is 87.0 Å². The van der Waals surface area contributed by atoms with Crippen LogP contribution in [0.4, 0.5) is 0 Å². The highest BCUT2D eigenvalue weighted by molar-refractivity contribution is 6.07. The van der Waals surface area contributed by atoms with Crippen molar-refractivity contribution >= 4 is 16.8 Å². The number of aromatic amines is 2. The molecule has 2 aromatic heterocycles. The third-order valence-corrected chi connectivity index (χ3v) is 5.22. The van der Waals surface area contributed by atoms with E-state index in [2.05, 4.69) is 15.3 Å². The van der Waals surface area contributed by atoms with Crippen LogP contribution in [0.25, 0.3) is 10.9 Å². The molecule has 1 aliphatic rings. The van der Waals surface area contributed by atoms with Gasteiger partial charge >= 0.3 is 0 Å². The monoisotopic (exact) mass is 365 g/mol. The van der Waals surface area contributed by atoms with Gasteiger partial charge in [-0.3, -0.25) is 9.59 Å². The number of aryl methyl sites for hydroxylation is 1. The van der Waals surface area contributed by atoms with Crippen molar-refractivity contribution in [2.75, 3.05) is 0 Å². The first-order valence-corrected chi connectivity index (χ1v) is 9.34. The smallest absolute Gasteiger partial charge is 0.258 e. The summed E-state index contributed by atoms with van der Waals surface area (Å²) in [5.74, 6) is 0.683. The maximum absolute atomic E-state index is 12.7. The van der Waals surface area contributed by atoms with E-state index in [-0.39, 0.29) is 23.6 Å². The number of nitrogens with one attached hydrogen (secondary N) is 3. The number of rotatable bonds is 4. The number of fused-ring (bicyclic) bond motifs is 1. The van der Waals surface area contributed by atoms with Gasteiger partial charge in [-0.15, -0.1) is 0 Å². The summed E-state index contributed by atoms with van der Waals surface area (Å²) in [4.78, 5) is 30.6. The van der Waals surface area contributed by atoms with Crippen molar-refractivity contribution in [1.29, 1.82) is 0 Å². The number of aromatic nitrogens is 2. The van der Waals surface area contributed by atoms with E-state index in [4.69, 9.17) is 4.74 Å². The molecule has 1 amide bonds. The van der Waals surface area contributed by atoms with Crippen LogP contribution in [0.1, 0.15) is 41.6 Å². The fraction of sp³-hybridized carbons (Fsp3) is 0.333. The molecule has 6 heteroatoms. The number of H-pyrrole nitrogens is 2. The normalized spacial score (nSPS) is 19.7. The van der Waals surface area contributed by atoms with Gasteiger partial charge in [-0.05, 0) is 50.3 Å². The number of hydrogen-bond acceptors (Lipinski definition) is 3. The number of pyridine rings is 1. The van der Waals surface area contributed by atoms with Crippen LogP contribution in [0.2, 0.25) is 0 Å². The predicted octanol–water partition coefficient (Wildman–Crippen LogP) is 3.28. The zero-order chi connectivity index (χ0) is 18.8. The van der Waals surface area contributed by atoms with Gasteiger partial charge in [-0.25, -0.2) is 0 Å². The summed E-state index contributed by atoms with van der Waals surface area (Å²) in [6.07, 6.45) is 6.96. The first-order valence-electron chi connectivity index (χ1n) is 9.34. The molecule has 1 fully saturated rings. The van der Waals surface area contributed by atoms with E-state index < -0.39 is 0 Å². The van der Waals surface area contributed by atoms with Crippen LogP contribution < -0.4 is 15.6 Å². The molecule has 1 saturated carbocycles. The van der Waals surface area contributed by atoms with Gasteiger partial charge in [0.15, 0.2) is 0 Å². The third kappa shape index (κ3) is 3.60. The molecule has 0 saturated heterocycles. The van der Waals surface area contributed by atoms with Gasteiger partial charge in [0.25, 0.3) is 11.5 Å². The summed E-state index contributed by atoms with van der Waals surface area (Å²) >= 11 is 0. The number of hydrogen-bond donors (Lipinski definition) is 3. The fourth-order valence-corrected chi connectivity index (χ4v) is 3.75. The van der Waals surface area contributed by atoms with Crippen molar-refractivity contribution in [2.45, 2.75) is 44.8 Å². The van der Waals surface area contributed by atoms with Crippen molar-refractivity contribution in [1.82, 2.24) is 15.3 Å². The Bertz CT molecular complexity index is 998. The summed E-state index contributed by atoms with van der Waals surface area (Å²) in [6.45, 7) is 1.89. The lowest BCUT2D eigenvalue weighted by Gasteiger charge is -2.29. The minimum absolute atomic E-state index is 0.0990. The van der Waals surface area contributed by atoms with Crippen molar-refractivity contribution in [3.05, 3.63) is 64.2 Å². The Morgan fingerprint density at radius 3 is 2.56 bits per heavy atom. The Morgan fingerprint density at radius 2 is 1.81 bits per heavy atom. The van der Waals surface area contributed by atoms with E-state index in [0.717, 1.165) is 37.0 Å². The standard InChI is InChI=1S/C21H23N3O3/c1-13-11-23-21(26)18-17(12-22-19(13)18)20(25)24-14-7-9-16(10-8-14)27-15-5-3-2-4-6-15/h2-6,11-12,14,16,22H,7-10H2,1H3,(H,23,26)(H,24,25). The van der Waals surface area contributed by atoms with Crippen LogP contribution in [0.3, 0.4) is 0 Å². The maximum Gasteiger partial charge on any atom is 0.258 e. The van der Waals surface area contributed by atoms with Crippen molar-refractivity contribution < 1.29 is 9.53 Å². The van der Waals surface area contributed by atoms with Crippen LogP contribution in [-0.2, 0) is 0 Å². The predicted molar refractivity (Wildman–Crippen MR) is 104 cm³/mol. The van der Waals surface area contributed by atoms with E-state index in [1.165, 1.54) is 0 Å². The average molecular weight is 365 g/mol. The van der Waals surface area contributed by atoms with Crippen LogP contribution in [0.5, 0.6) is 5.75 Å². The molecule has 3 N–H and O–H groups in total. The number of carbonyl (C=O) groups is 1. The molecule has 3 aromatic rings. The summed E-state index contributed by atoms with van der Waals surface area (Å²) < 4.78 is 6.00. The molecule has 1 aromatic carbocycles. The quantitative estimate of drug-likeness (QED) is 0.663. The largest absolute Gasteiger partial charge is 0.490 e. The lowest BCUT2D eigenvalue weighted by Crippen LogP contribution is -2.39. The minimum atomic E-state index is -0.248. The lowest BCUT2D eigenvalue weighted by atomic mass is 9.92. The van der Waals surface area contributed by atoms with E-state index in [0.29, 0.717) is 16.5 Å². The van der Waals surface area contributed by atoms with E-state index in [1.54, 1.807) is 12.4 Å². The molecular weight excluding hydrogens is 342 g/mol. The van der Waals surface area contributed by atoms with Gasteiger partial charge in [-0.1, -0.05) is 18.2 Å². The Hall–Kier alpha value is -3.02. The van der Waals surface area contributed by atoms with Gasteiger partial charge in [0.2, 0.25) is 0 Å². The molecule has 2 heterocycles. The van der Waals surface area contributed by atoms with Gasteiger partial charge in [0.1, 0.15) is 5.75 Å². The van der Waals surface area contributed by atoms with Crippen LogP contribution in [0, 0.1) is 6.92 Å². The molecule has 0 unspecified atom stereocenters. The zero-order valence-corrected chi connectivity index (χ0v) is 15.2. The summed E-state index contributed by atoms with van der Waals surface area (Å²) in [7, 11) is 0. The Labute approximate surface area is 156 Å². The molecule has 0 spiro atoms. The average Bonchev–Trinajstić information content (AvgIpc) is 3.14. The highest BCUT2D eigenvalue weighted by Crippen LogP contribution is 2.24. The van der Waals surface area contributed by atoms with Crippen molar-refractivity contribution in [3.63, 3.8) is 0 Å². The second-order valence-corrected chi connectivity index (χ2v) is 7.13. The maximum atomic E-state index is 12.7. The van der Waals surface area contributed by atoms with E-state index >= 15 is 0 Å². The highest BCUT2D eigenvalue weighted by atomic mass is 16.5. The van der Waals surface area contributed by atoms with E-state index in [1.807, 2.05) is 37.3 Å². The highest BCUT2D eigenvalue weighted by Gasteiger charge is 2.25. The van der Waals surface area contributed by atoms with Gasteiger partial charge in [-0.2, -0.15) is 0 Å². The molecule has 140 valence electrons. The molecular formula is C21H23N3O3. The van der Waals surface area contributed by atoms with Crippen molar-refractivity contribution in [3.8, 4) is 5.75 Å². The minimum Gasteiger partial charge on any atom is -0.490 e. The van der Waals surface area contributed by atoms with Crippen LogP contribution in [-0.4, -0.2) is 28.0 Å². The molecule has 1 aliphatic carbocycles. The molecule has 4 rings (SSSR count). The number of benzene rings is 1. The number of amides is 1. The molecule has 27 heavy (non-hydrogen) atoms. The second kappa shape index (κ2) is 7.31. The summed E-state index contributed by atoms with van der Waals surface area (Å²) in [6, 6.07) is 9.92. The fourth-order valence-electron chi connectivity index (χ4n) is 3.75. The zero-order valence-electron chi connectivity index (χ0n) is 15.2. The molecule has 6 nitrogen and oxygen atoms in total. The van der Waals surface area contributed by atoms with Gasteiger partial charge < -0.3 is 20.0 Å². The number of ether oxygens (including phenoxy) is 1. The summed E-state index contributed by atoms with van der Waals surface area (Å²) in [5.41, 5.74) is 1.77. The van der Waals surface area contributed by atoms with Crippen molar-refractivity contribution in [2.24, 2.45) is 0 Å². The Morgan fingerprint density at radius 1 is 1.07 bits per heavy atom. The Kier molecular flexibility index (Phi) is 4.71. The number of carbonyl (C=O) groups excluding carboxylic acids is 1. The lowest BCUT2D eigenvalue weighted by molar-refractivity contribution is 0.0895. The second-order valence-electron chi connectivity index (χ2n) is 7.13. The first-order chi connectivity index (χ1) is 13.1. The molecule has 0 bridgehead atoms. The van der Waals surface area contributed by atoms with Crippen LogP contribution in [0.15, 0.2) is 47.5 Å². The summed E-state index contributed by atoms with van der Waals surface area (Å²) in [5, 5.41) is 3.50. The molecule has 0 atom stereocenters. The van der Waals surface area contributed by atoms with Gasteiger partial charge in [0.05, 0.1) is 22.6 Å². The van der Waals surface area contributed by atoms with Crippen LogP contribution >= 0.6 is 0 Å².